The standard InChI is InChI=1S/C12H17ClN2O2/c1-8(2)15-11-5-9(13)6-14-12(11)17-10-3-4-16-7-10/h5-6,8,10,15H,3-4,7H2,1-2H3. The largest absolute Gasteiger partial charge is 0.470 e. The average Bonchev–Trinajstić information content (AvgIpc) is 2.74. The Morgan fingerprint density at radius 2 is 2.41 bits per heavy atom. The monoisotopic (exact) mass is 256 g/mol. The number of anilines is 1. The molecule has 2 heterocycles. The molecule has 1 aromatic rings. The van der Waals surface area contributed by atoms with Crippen LogP contribution < -0.4 is 10.1 Å². The Balaban J connectivity index is 2.13. The van der Waals surface area contributed by atoms with Gasteiger partial charge in [-0.15, -0.1) is 0 Å². The van der Waals surface area contributed by atoms with Crippen molar-refractivity contribution in [2.45, 2.75) is 32.4 Å². The molecule has 2 rings (SSSR count). The van der Waals surface area contributed by atoms with E-state index in [1.165, 1.54) is 0 Å². The topological polar surface area (TPSA) is 43.4 Å². The van der Waals surface area contributed by atoms with Crippen molar-refractivity contribution in [2.75, 3.05) is 18.5 Å². The lowest BCUT2D eigenvalue weighted by Gasteiger charge is -2.17. The van der Waals surface area contributed by atoms with Gasteiger partial charge in [0, 0.05) is 18.7 Å². The molecule has 1 fully saturated rings. The van der Waals surface area contributed by atoms with E-state index in [0.717, 1.165) is 18.7 Å². The lowest BCUT2D eigenvalue weighted by atomic mass is 10.3. The Hall–Kier alpha value is -1.00. The van der Waals surface area contributed by atoms with E-state index in [4.69, 9.17) is 21.1 Å². The summed E-state index contributed by atoms with van der Waals surface area (Å²) in [5.41, 5.74) is 0.833. The quantitative estimate of drug-likeness (QED) is 0.900. The average molecular weight is 257 g/mol. The van der Waals surface area contributed by atoms with Crippen LogP contribution >= 0.6 is 11.6 Å². The minimum absolute atomic E-state index is 0.0939. The van der Waals surface area contributed by atoms with Crippen LogP contribution in [-0.2, 0) is 4.74 Å². The zero-order valence-electron chi connectivity index (χ0n) is 10.1. The Morgan fingerprint density at radius 3 is 3.06 bits per heavy atom. The summed E-state index contributed by atoms with van der Waals surface area (Å²) in [6, 6.07) is 2.14. The van der Waals surface area contributed by atoms with E-state index in [-0.39, 0.29) is 6.10 Å². The third kappa shape index (κ3) is 3.48. The van der Waals surface area contributed by atoms with E-state index in [1.807, 2.05) is 6.07 Å². The van der Waals surface area contributed by atoms with Crippen LogP contribution in [-0.4, -0.2) is 30.3 Å². The van der Waals surface area contributed by atoms with Crippen LogP contribution in [0.2, 0.25) is 5.02 Å². The van der Waals surface area contributed by atoms with Crippen molar-refractivity contribution >= 4 is 17.3 Å². The van der Waals surface area contributed by atoms with Crippen LogP contribution in [0.1, 0.15) is 20.3 Å². The number of nitrogens with zero attached hydrogens (tertiary/aromatic N) is 1. The third-order valence-electron chi connectivity index (χ3n) is 2.43. The van der Waals surface area contributed by atoms with Gasteiger partial charge in [0.1, 0.15) is 6.10 Å². The van der Waals surface area contributed by atoms with Gasteiger partial charge in [0.05, 0.1) is 23.9 Å². The number of nitrogens with one attached hydrogen (secondary N) is 1. The van der Waals surface area contributed by atoms with Crippen LogP contribution in [0, 0.1) is 0 Å². The van der Waals surface area contributed by atoms with E-state index in [9.17, 15) is 0 Å². The molecule has 94 valence electrons. The molecule has 17 heavy (non-hydrogen) atoms. The normalized spacial score (nSPS) is 19.6. The molecule has 0 amide bonds. The van der Waals surface area contributed by atoms with Crippen LogP contribution in [0.3, 0.4) is 0 Å². The fourth-order valence-electron chi connectivity index (χ4n) is 1.70. The van der Waals surface area contributed by atoms with Gasteiger partial charge in [-0.2, -0.15) is 0 Å². The second-order valence-corrected chi connectivity index (χ2v) is 4.85. The maximum Gasteiger partial charge on any atom is 0.237 e. The highest BCUT2D eigenvalue weighted by molar-refractivity contribution is 6.30. The highest BCUT2D eigenvalue weighted by atomic mass is 35.5. The molecule has 1 unspecified atom stereocenters. The van der Waals surface area contributed by atoms with E-state index in [2.05, 4.69) is 24.1 Å². The molecule has 0 aromatic carbocycles. The molecule has 1 aromatic heterocycles. The lowest BCUT2D eigenvalue weighted by Crippen LogP contribution is -2.19. The van der Waals surface area contributed by atoms with E-state index < -0.39 is 0 Å². The molecule has 1 aliphatic rings. The predicted octanol–water partition coefficient (Wildman–Crippen LogP) is 2.72. The van der Waals surface area contributed by atoms with Gasteiger partial charge in [-0.3, -0.25) is 0 Å². The van der Waals surface area contributed by atoms with Crippen molar-refractivity contribution in [1.82, 2.24) is 4.98 Å². The van der Waals surface area contributed by atoms with E-state index in [0.29, 0.717) is 23.6 Å². The summed E-state index contributed by atoms with van der Waals surface area (Å²) in [5.74, 6) is 0.596. The molecule has 1 N–H and O–H groups in total. The molecule has 1 aliphatic heterocycles. The van der Waals surface area contributed by atoms with Gasteiger partial charge < -0.3 is 14.8 Å². The zero-order valence-corrected chi connectivity index (χ0v) is 10.8. The Kier molecular flexibility index (Phi) is 4.07. The van der Waals surface area contributed by atoms with Crippen molar-refractivity contribution in [3.63, 3.8) is 0 Å². The SMILES string of the molecule is CC(C)Nc1cc(Cl)cnc1OC1CCOC1. The van der Waals surface area contributed by atoms with Gasteiger partial charge in [-0.25, -0.2) is 4.98 Å². The Bertz CT molecular complexity index is 379. The first-order valence-electron chi connectivity index (χ1n) is 5.81. The van der Waals surface area contributed by atoms with Crippen molar-refractivity contribution in [3.8, 4) is 5.88 Å². The van der Waals surface area contributed by atoms with Crippen molar-refractivity contribution < 1.29 is 9.47 Å². The molecule has 0 radical (unpaired) electrons. The second-order valence-electron chi connectivity index (χ2n) is 4.41. The number of ether oxygens (including phenoxy) is 2. The summed E-state index contributed by atoms with van der Waals surface area (Å²) in [6.07, 6.45) is 2.60. The summed E-state index contributed by atoms with van der Waals surface area (Å²) in [7, 11) is 0. The lowest BCUT2D eigenvalue weighted by molar-refractivity contribution is 0.138. The number of hydrogen-bond acceptors (Lipinski definition) is 4. The summed E-state index contributed by atoms with van der Waals surface area (Å²) < 4.78 is 11.1. The smallest absolute Gasteiger partial charge is 0.237 e. The molecular formula is C12H17ClN2O2. The van der Waals surface area contributed by atoms with Gasteiger partial charge in [0.15, 0.2) is 0 Å². The first-order chi connectivity index (χ1) is 8.15. The number of aromatic nitrogens is 1. The molecule has 0 spiro atoms. The van der Waals surface area contributed by atoms with Crippen molar-refractivity contribution in [3.05, 3.63) is 17.3 Å². The molecule has 4 nitrogen and oxygen atoms in total. The highest BCUT2D eigenvalue weighted by Gasteiger charge is 2.19. The Morgan fingerprint density at radius 1 is 1.59 bits per heavy atom. The maximum atomic E-state index is 5.93. The summed E-state index contributed by atoms with van der Waals surface area (Å²) >= 11 is 5.93. The summed E-state index contributed by atoms with van der Waals surface area (Å²) in [4.78, 5) is 4.22. The van der Waals surface area contributed by atoms with Crippen LogP contribution in [0.25, 0.3) is 0 Å². The predicted molar refractivity (Wildman–Crippen MR) is 67.9 cm³/mol. The zero-order chi connectivity index (χ0) is 12.3. The first-order valence-corrected chi connectivity index (χ1v) is 6.19. The number of pyridine rings is 1. The molecule has 5 heteroatoms. The first kappa shape index (κ1) is 12.5. The van der Waals surface area contributed by atoms with Crippen LogP contribution in [0.4, 0.5) is 5.69 Å². The number of halogens is 1. The van der Waals surface area contributed by atoms with Gasteiger partial charge in [0.2, 0.25) is 5.88 Å². The minimum Gasteiger partial charge on any atom is -0.470 e. The fourth-order valence-corrected chi connectivity index (χ4v) is 1.86. The maximum absolute atomic E-state index is 5.93. The van der Waals surface area contributed by atoms with Crippen LogP contribution in [0.15, 0.2) is 12.3 Å². The second kappa shape index (κ2) is 5.56. The van der Waals surface area contributed by atoms with Gasteiger partial charge in [0.25, 0.3) is 0 Å². The van der Waals surface area contributed by atoms with Gasteiger partial charge >= 0.3 is 0 Å². The van der Waals surface area contributed by atoms with E-state index >= 15 is 0 Å². The van der Waals surface area contributed by atoms with Crippen LogP contribution in [0.5, 0.6) is 5.88 Å². The molecular weight excluding hydrogens is 240 g/mol. The fraction of sp³-hybridized carbons (Fsp3) is 0.583. The minimum atomic E-state index is 0.0939. The Labute approximate surface area is 106 Å². The molecule has 0 saturated carbocycles. The third-order valence-corrected chi connectivity index (χ3v) is 2.63. The molecule has 0 aliphatic carbocycles. The highest BCUT2D eigenvalue weighted by Crippen LogP contribution is 2.27. The molecule has 1 saturated heterocycles. The van der Waals surface area contributed by atoms with Gasteiger partial charge in [-0.05, 0) is 19.9 Å². The summed E-state index contributed by atoms with van der Waals surface area (Å²) in [6.45, 7) is 5.50. The van der Waals surface area contributed by atoms with Crippen molar-refractivity contribution in [2.24, 2.45) is 0 Å². The van der Waals surface area contributed by atoms with E-state index in [1.54, 1.807) is 6.20 Å². The van der Waals surface area contributed by atoms with Gasteiger partial charge in [-0.1, -0.05) is 11.6 Å². The number of hydrogen-bond donors (Lipinski definition) is 1. The summed E-state index contributed by atoms with van der Waals surface area (Å²) in [5, 5.41) is 3.88. The molecule has 1 atom stereocenters. The molecule has 0 bridgehead atoms. The number of rotatable bonds is 4. The van der Waals surface area contributed by atoms with Crippen molar-refractivity contribution in [1.29, 1.82) is 0 Å².